The number of rotatable bonds is 2. The van der Waals surface area contributed by atoms with Gasteiger partial charge in [-0.1, -0.05) is 62.9 Å². The Labute approximate surface area is 114 Å². The van der Waals surface area contributed by atoms with Gasteiger partial charge in [-0.05, 0) is 41.7 Å². The molecule has 94 valence electrons. The number of benzene rings is 2. The molecule has 1 heteroatoms. The maximum absolute atomic E-state index is 2.31. The molecule has 0 fully saturated rings. The summed E-state index contributed by atoms with van der Waals surface area (Å²) in [6.45, 7) is 8.96. The second-order valence-corrected chi connectivity index (χ2v) is 6.76. The molecule has 0 aromatic heterocycles. The zero-order valence-corrected chi connectivity index (χ0v) is 12.3. The van der Waals surface area contributed by atoms with Gasteiger partial charge >= 0.3 is 0 Å². The van der Waals surface area contributed by atoms with Gasteiger partial charge in [-0.2, -0.15) is 0 Å². The Bertz CT molecular complexity index is 521. The average molecular weight is 256 g/mol. The van der Waals surface area contributed by atoms with E-state index in [1.165, 1.54) is 20.9 Å². The molecule has 0 aliphatic carbocycles. The van der Waals surface area contributed by atoms with Gasteiger partial charge in [0.2, 0.25) is 0 Å². The van der Waals surface area contributed by atoms with Crippen LogP contribution in [0.4, 0.5) is 0 Å². The van der Waals surface area contributed by atoms with Gasteiger partial charge in [0.25, 0.3) is 0 Å². The van der Waals surface area contributed by atoms with E-state index in [2.05, 4.69) is 76.2 Å². The van der Waals surface area contributed by atoms with Crippen LogP contribution < -0.4 is 0 Å². The summed E-state index contributed by atoms with van der Waals surface area (Å²) in [6.07, 6.45) is 0. The molecule has 2 aromatic carbocycles. The summed E-state index contributed by atoms with van der Waals surface area (Å²) in [5.41, 5.74) is 2.98. The lowest BCUT2D eigenvalue weighted by atomic mass is 9.86. The van der Waals surface area contributed by atoms with Crippen molar-refractivity contribution in [3.63, 3.8) is 0 Å². The van der Waals surface area contributed by atoms with Crippen LogP contribution in [-0.4, -0.2) is 0 Å². The van der Waals surface area contributed by atoms with Gasteiger partial charge in [-0.15, -0.1) is 0 Å². The summed E-state index contributed by atoms with van der Waals surface area (Å²) < 4.78 is 0. The molecule has 0 saturated heterocycles. The molecule has 18 heavy (non-hydrogen) atoms. The highest BCUT2D eigenvalue weighted by Gasteiger charge is 2.14. The van der Waals surface area contributed by atoms with Crippen molar-refractivity contribution in [3.8, 4) is 0 Å². The molecule has 0 aliphatic rings. The van der Waals surface area contributed by atoms with Crippen LogP contribution in [0.2, 0.25) is 0 Å². The Hall–Kier alpha value is -1.21. The fourth-order valence-corrected chi connectivity index (χ4v) is 2.75. The first-order valence-electron chi connectivity index (χ1n) is 6.31. The highest BCUT2D eigenvalue weighted by atomic mass is 32.2. The van der Waals surface area contributed by atoms with Crippen LogP contribution in [0.5, 0.6) is 0 Å². The lowest BCUT2D eigenvalue weighted by molar-refractivity contribution is 0.589. The summed E-state index contributed by atoms with van der Waals surface area (Å²) in [7, 11) is 0. The molecule has 0 radical (unpaired) electrons. The topological polar surface area (TPSA) is 0 Å². The summed E-state index contributed by atoms with van der Waals surface area (Å²) >= 11 is 1.83. The maximum Gasteiger partial charge on any atom is 0.0151 e. The van der Waals surface area contributed by atoms with E-state index in [0.717, 1.165) is 0 Å². The van der Waals surface area contributed by atoms with Gasteiger partial charge in [-0.25, -0.2) is 0 Å². The van der Waals surface area contributed by atoms with Crippen LogP contribution in [0.1, 0.15) is 31.9 Å². The molecule has 0 N–H and O–H groups in total. The number of hydrogen-bond donors (Lipinski definition) is 0. The van der Waals surface area contributed by atoms with Crippen LogP contribution in [0.15, 0.2) is 58.3 Å². The molecule has 0 aliphatic heterocycles. The molecule has 0 heterocycles. The molecular formula is C17H20S. The molecule has 2 rings (SSSR count). The van der Waals surface area contributed by atoms with E-state index < -0.39 is 0 Å². The van der Waals surface area contributed by atoms with Crippen LogP contribution in [0, 0.1) is 6.92 Å². The molecule has 0 atom stereocenters. The first-order valence-corrected chi connectivity index (χ1v) is 7.12. The fourth-order valence-electron chi connectivity index (χ4n) is 1.85. The molecule has 0 unspecified atom stereocenters. The van der Waals surface area contributed by atoms with Gasteiger partial charge in [0.05, 0.1) is 0 Å². The SMILES string of the molecule is Cc1cc(C(C)(C)C)ccc1Sc1ccccc1. The van der Waals surface area contributed by atoms with Gasteiger partial charge in [0.15, 0.2) is 0 Å². The lowest BCUT2D eigenvalue weighted by Crippen LogP contribution is -2.11. The predicted molar refractivity (Wildman–Crippen MR) is 80.4 cm³/mol. The number of aryl methyl sites for hydroxylation is 1. The van der Waals surface area contributed by atoms with Crippen molar-refractivity contribution in [1.29, 1.82) is 0 Å². The summed E-state index contributed by atoms with van der Waals surface area (Å²) in [6, 6.07) is 17.3. The minimum Gasteiger partial charge on any atom is -0.0898 e. The van der Waals surface area contributed by atoms with Gasteiger partial charge < -0.3 is 0 Å². The third-order valence-electron chi connectivity index (χ3n) is 3.01. The summed E-state index contributed by atoms with van der Waals surface area (Å²) in [5, 5.41) is 0. The van der Waals surface area contributed by atoms with E-state index in [-0.39, 0.29) is 5.41 Å². The van der Waals surface area contributed by atoms with Crippen molar-refractivity contribution in [3.05, 3.63) is 59.7 Å². The van der Waals surface area contributed by atoms with E-state index in [4.69, 9.17) is 0 Å². The second-order valence-electron chi connectivity index (χ2n) is 5.65. The maximum atomic E-state index is 2.31. The van der Waals surface area contributed by atoms with Gasteiger partial charge in [-0.3, -0.25) is 0 Å². The van der Waals surface area contributed by atoms with E-state index in [1.807, 2.05) is 11.8 Å². The monoisotopic (exact) mass is 256 g/mol. The first-order chi connectivity index (χ1) is 8.47. The average Bonchev–Trinajstić information content (AvgIpc) is 2.32. The highest BCUT2D eigenvalue weighted by Crippen LogP contribution is 2.32. The van der Waals surface area contributed by atoms with Crippen molar-refractivity contribution >= 4 is 11.8 Å². The molecule has 0 amide bonds. The minimum atomic E-state index is 0.223. The van der Waals surface area contributed by atoms with Crippen molar-refractivity contribution < 1.29 is 0 Å². The molecular weight excluding hydrogens is 236 g/mol. The molecule has 2 aromatic rings. The molecule has 0 saturated carbocycles. The molecule has 0 spiro atoms. The Balaban J connectivity index is 2.26. The fraction of sp³-hybridized carbons (Fsp3) is 0.294. The van der Waals surface area contributed by atoms with E-state index in [9.17, 15) is 0 Å². The number of hydrogen-bond acceptors (Lipinski definition) is 1. The van der Waals surface area contributed by atoms with Gasteiger partial charge in [0.1, 0.15) is 0 Å². The lowest BCUT2D eigenvalue weighted by Gasteiger charge is -2.20. The largest absolute Gasteiger partial charge is 0.0898 e. The Morgan fingerprint density at radius 3 is 2.11 bits per heavy atom. The van der Waals surface area contributed by atoms with Crippen LogP contribution in [0.25, 0.3) is 0 Å². The molecule has 0 bridgehead atoms. The van der Waals surface area contributed by atoms with E-state index in [0.29, 0.717) is 0 Å². The summed E-state index contributed by atoms with van der Waals surface area (Å²) in [5.74, 6) is 0. The Morgan fingerprint density at radius 1 is 0.889 bits per heavy atom. The standard InChI is InChI=1S/C17H20S/c1-13-12-14(17(2,3)4)10-11-16(13)18-15-8-6-5-7-9-15/h5-12H,1-4H3. The second kappa shape index (κ2) is 5.19. The van der Waals surface area contributed by atoms with Crippen LogP contribution in [0.3, 0.4) is 0 Å². The zero-order chi connectivity index (χ0) is 13.2. The Morgan fingerprint density at radius 2 is 1.56 bits per heavy atom. The third kappa shape index (κ3) is 3.17. The Kier molecular flexibility index (Phi) is 3.82. The van der Waals surface area contributed by atoms with Crippen molar-refractivity contribution in [2.24, 2.45) is 0 Å². The van der Waals surface area contributed by atoms with Crippen molar-refractivity contribution in [2.75, 3.05) is 0 Å². The van der Waals surface area contributed by atoms with Crippen molar-refractivity contribution in [2.45, 2.75) is 42.9 Å². The van der Waals surface area contributed by atoms with Gasteiger partial charge in [0, 0.05) is 9.79 Å². The van der Waals surface area contributed by atoms with E-state index >= 15 is 0 Å². The quantitative estimate of drug-likeness (QED) is 0.689. The third-order valence-corrected chi connectivity index (χ3v) is 4.20. The normalized spacial score (nSPS) is 11.6. The highest BCUT2D eigenvalue weighted by molar-refractivity contribution is 7.99. The van der Waals surface area contributed by atoms with E-state index in [1.54, 1.807) is 0 Å². The first kappa shape index (κ1) is 13.2. The predicted octanol–water partition coefficient (Wildman–Crippen LogP) is 5.44. The molecule has 0 nitrogen and oxygen atoms in total. The smallest absolute Gasteiger partial charge is 0.0151 e. The van der Waals surface area contributed by atoms with Crippen LogP contribution >= 0.6 is 11.8 Å². The van der Waals surface area contributed by atoms with Crippen LogP contribution in [-0.2, 0) is 5.41 Å². The zero-order valence-electron chi connectivity index (χ0n) is 11.5. The van der Waals surface area contributed by atoms with Crippen molar-refractivity contribution in [1.82, 2.24) is 0 Å². The summed E-state index contributed by atoms with van der Waals surface area (Å²) in [4.78, 5) is 2.64. The minimum absolute atomic E-state index is 0.223.